The van der Waals surface area contributed by atoms with Crippen molar-refractivity contribution in [2.24, 2.45) is 39.5 Å². The van der Waals surface area contributed by atoms with Gasteiger partial charge in [-0.25, -0.2) is 0 Å². The summed E-state index contributed by atoms with van der Waals surface area (Å²) in [5.41, 5.74) is 6.66. The highest BCUT2D eigenvalue weighted by Gasteiger charge is 2.65. The molecule has 0 aromatic carbocycles. The van der Waals surface area contributed by atoms with E-state index in [4.69, 9.17) is 10.6 Å². The maximum atomic E-state index is 12.6. The molecule has 0 aromatic rings. The molecule has 0 spiro atoms. The zero-order chi connectivity index (χ0) is 20.3. The highest BCUT2D eigenvalue weighted by atomic mass is 16.6. The van der Waals surface area contributed by atoms with Crippen molar-refractivity contribution in [3.8, 4) is 0 Å². The number of nitrogens with two attached hydrogens (primary N) is 1. The van der Waals surface area contributed by atoms with Crippen LogP contribution in [0.25, 0.3) is 0 Å². The van der Waals surface area contributed by atoms with E-state index < -0.39 is 5.60 Å². The Labute approximate surface area is 168 Å². The van der Waals surface area contributed by atoms with Crippen molar-refractivity contribution in [2.45, 2.75) is 83.8 Å². The largest absolute Gasteiger partial charge is 0.394 e. The number of Topliss-reactive ketones (excluding diaryl/α,β-unsaturated/α-hetero) is 1. The maximum Gasteiger partial charge on any atom is 0.139 e. The van der Waals surface area contributed by atoms with Gasteiger partial charge in [-0.2, -0.15) is 0 Å². The molecule has 28 heavy (non-hydrogen) atoms. The third-order valence-corrected chi connectivity index (χ3v) is 8.81. The van der Waals surface area contributed by atoms with Crippen LogP contribution in [-0.2, 0) is 9.63 Å². The Morgan fingerprint density at radius 2 is 2.00 bits per heavy atom. The van der Waals surface area contributed by atoms with Gasteiger partial charge in [0, 0.05) is 29.7 Å². The molecule has 0 unspecified atom stereocenters. The summed E-state index contributed by atoms with van der Waals surface area (Å²) >= 11 is 0. The molecule has 4 fully saturated rings. The number of fused-ring (bicyclic) bond motifs is 5. The molecule has 5 nitrogen and oxygen atoms in total. The van der Waals surface area contributed by atoms with Crippen LogP contribution in [-0.4, -0.2) is 34.9 Å². The average Bonchev–Trinajstić information content (AvgIpc) is 2.91. The van der Waals surface area contributed by atoms with Crippen LogP contribution in [0.5, 0.6) is 0 Å². The van der Waals surface area contributed by atoms with Crippen LogP contribution in [0.3, 0.4) is 0 Å². The lowest BCUT2D eigenvalue weighted by Crippen LogP contribution is -2.63. The molecular formula is C23H36N2O3. The number of ketones is 1. The Balaban J connectivity index is 1.60. The van der Waals surface area contributed by atoms with Crippen molar-refractivity contribution in [1.82, 2.24) is 0 Å². The SMILES string of the molecule is C=C1C[C@@]2(O)CC(=NOC[C@@H](C)N)CC[C@]2(C)[C@H]2CC[C@]3(C)C(=O)CC[C@H]3[C@H]12. The van der Waals surface area contributed by atoms with Gasteiger partial charge in [-0.05, 0) is 63.2 Å². The van der Waals surface area contributed by atoms with Crippen molar-refractivity contribution >= 4 is 11.5 Å². The minimum atomic E-state index is -0.823. The first-order valence-corrected chi connectivity index (χ1v) is 11.0. The van der Waals surface area contributed by atoms with E-state index in [1.807, 2.05) is 6.92 Å². The molecule has 0 heterocycles. The molecule has 4 rings (SSSR count). The van der Waals surface area contributed by atoms with Crippen LogP contribution in [0.2, 0.25) is 0 Å². The van der Waals surface area contributed by atoms with E-state index in [2.05, 4.69) is 25.6 Å². The Morgan fingerprint density at radius 3 is 2.71 bits per heavy atom. The quantitative estimate of drug-likeness (QED) is 0.571. The van der Waals surface area contributed by atoms with Gasteiger partial charge in [0.1, 0.15) is 12.4 Å². The number of hydrogen-bond acceptors (Lipinski definition) is 5. The Bertz CT molecular complexity index is 717. The third kappa shape index (κ3) is 2.80. The monoisotopic (exact) mass is 388 g/mol. The highest BCUT2D eigenvalue weighted by Crippen LogP contribution is 2.67. The molecule has 0 saturated heterocycles. The summed E-state index contributed by atoms with van der Waals surface area (Å²) in [6.07, 6.45) is 6.59. The van der Waals surface area contributed by atoms with Gasteiger partial charge >= 0.3 is 0 Å². The predicted molar refractivity (Wildman–Crippen MR) is 110 cm³/mol. The molecule has 0 radical (unpaired) electrons. The molecule has 4 aliphatic rings. The zero-order valence-electron chi connectivity index (χ0n) is 17.7. The first-order chi connectivity index (χ1) is 13.1. The fraction of sp³-hybridized carbons (Fsp3) is 0.826. The minimum absolute atomic E-state index is 0.0535. The normalized spacial score (nSPS) is 48.0. The summed E-state index contributed by atoms with van der Waals surface area (Å²) in [6, 6.07) is -0.0535. The number of oxime groups is 1. The van der Waals surface area contributed by atoms with E-state index in [1.165, 1.54) is 0 Å². The van der Waals surface area contributed by atoms with Crippen LogP contribution in [0.1, 0.15) is 72.1 Å². The van der Waals surface area contributed by atoms with E-state index in [1.54, 1.807) is 0 Å². The van der Waals surface area contributed by atoms with Crippen LogP contribution < -0.4 is 5.73 Å². The minimum Gasteiger partial charge on any atom is -0.394 e. The smallest absolute Gasteiger partial charge is 0.139 e. The van der Waals surface area contributed by atoms with Crippen molar-refractivity contribution in [2.75, 3.05) is 6.61 Å². The second-order valence-electron chi connectivity index (χ2n) is 10.5. The topological polar surface area (TPSA) is 84.9 Å². The Morgan fingerprint density at radius 1 is 1.25 bits per heavy atom. The van der Waals surface area contributed by atoms with Gasteiger partial charge < -0.3 is 15.7 Å². The molecule has 0 amide bonds. The van der Waals surface area contributed by atoms with E-state index >= 15 is 0 Å². The van der Waals surface area contributed by atoms with Crippen molar-refractivity contribution < 1.29 is 14.7 Å². The first-order valence-electron chi connectivity index (χ1n) is 11.0. The number of rotatable bonds is 3. The molecule has 4 saturated carbocycles. The first kappa shape index (κ1) is 20.1. The van der Waals surface area contributed by atoms with Gasteiger partial charge in [-0.1, -0.05) is 31.2 Å². The molecule has 5 heteroatoms. The van der Waals surface area contributed by atoms with Gasteiger partial charge in [0.05, 0.1) is 11.3 Å². The van der Waals surface area contributed by atoms with Crippen LogP contribution in [0.15, 0.2) is 17.3 Å². The molecule has 0 aliphatic heterocycles. The zero-order valence-corrected chi connectivity index (χ0v) is 17.7. The predicted octanol–water partition coefficient (Wildman–Crippen LogP) is 3.60. The number of carbonyl (C=O) groups is 1. The van der Waals surface area contributed by atoms with Crippen LogP contribution >= 0.6 is 0 Å². The molecule has 3 N–H and O–H groups in total. The third-order valence-electron chi connectivity index (χ3n) is 8.81. The molecule has 156 valence electrons. The maximum absolute atomic E-state index is 12.6. The lowest BCUT2D eigenvalue weighted by Gasteiger charge is -2.63. The lowest BCUT2D eigenvalue weighted by molar-refractivity contribution is -0.170. The van der Waals surface area contributed by atoms with E-state index in [9.17, 15) is 9.90 Å². The van der Waals surface area contributed by atoms with Crippen molar-refractivity contribution in [1.29, 1.82) is 0 Å². The summed E-state index contributed by atoms with van der Waals surface area (Å²) in [5.74, 6) is 1.61. The van der Waals surface area contributed by atoms with Crippen molar-refractivity contribution in [3.05, 3.63) is 12.2 Å². The fourth-order valence-electron chi connectivity index (χ4n) is 7.07. The van der Waals surface area contributed by atoms with Gasteiger partial charge in [0.2, 0.25) is 0 Å². The summed E-state index contributed by atoms with van der Waals surface area (Å²) in [7, 11) is 0. The van der Waals surface area contributed by atoms with Gasteiger partial charge in [0.25, 0.3) is 0 Å². The molecule has 0 aromatic heterocycles. The van der Waals surface area contributed by atoms with Gasteiger partial charge in [0.15, 0.2) is 0 Å². The number of carbonyl (C=O) groups excluding carboxylic acids is 1. The average molecular weight is 389 g/mol. The summed E-state index contributed by atoms with van der Waals surface area (Å²) in [4.78, 5) is 18.0. The van der Waals surface area contributed by atoms with Gasteiger partial charge in [-0.3, -0.25) is 4.79 Å². The van der Waals surface area contributed by atoms with Crippen LogP contribution in [0.4, 0.5) is 0 Å². The Kier molecular flexibility index (Phi) is 4.78. The lowest BCUT2D eigenvalue weighted by atomic mass is 9.43. The summed E-state index contributed by atoms with van der Waals surface area (Å²) in [6.45, 7) is 11.2. The van der Waals surface area contributed by atoms with E-state index in [-0.39, 0.29) is 16.9 Å². The molecule has 7 atom stereocenters. The second-order valence-corrected chi connectivity index (χ2v) is 10.5. The standard InChI is InChI=1S/C23H36N2O3/c1-14-11-23(27)12-16(25-28-13-15(2)24)7-10-22(23,4)18-8-9-21(3)17(20(14)18)5-6-19(21)26/h15,17-18,20,27H,1,5-13,24H2,2-4H3/t15-,17+,18+,20+,21+,22-,23-/m1/s1. The van der Waals surface area contributed by atoms with E-state index in [0.717, 1.165) is 43.4 Å². The Hall–Kier alpha value is -1.20. The van der Waals surface area contributed by atoms with Crippen molar-refractivity contribution in [3.63, 3.8) is 0 Å². The molecule has 4 aliphatic carbocycles. The number of nitrogens with zero attached hydrogens (tertiary/aromatic N) is 1. The fourth-order valence-corrected chi connectivity index (χ4v) is 7.07. The second kappa shape index (κ2) is 6.66. The summed E-state index contributed by atoms with van der Waals surface area (Å²) < 4.78 is 0. The molecule has 0 bridgehead atoms. The number of aliphatic hydroxyl groups is 1. The highest BCUT2D eigenvalue weighted by molar-refractivity contribution is 5.87. The van der Waals surface area contributed by atoms with Crippen LogP contribution in [0, 0.1) is 28.6 Å². The summed E-state index contributed by atoms with van der Waals surface area (Å²) in [5, 5.41) is 16.1. The van der Waals surface area contributed by atoms with E-state index in [0.29, 0.717) is 49.4 Å². The molecular weight excluding hydrogens is 352 g/mol. The van der Waals surface area contributed by atoms with Gasteiger partial charge in [-0.15, -0.1) is 0 Å². The number of hydrogen-bond donors (Lipinski definition) is 2.